The van der Waals surface area contributed by atoms with Gasteiger partial charge in [0.25, 0.3) is 0 Å². The number of halogens is 8. The highest BCUT2D eigenvalue weighted by atomic mass is 35.5. The van der Waals surface area contributed by atoms with Gasteiger partial charge in [-0.25, -0.2) is 4.39 Å². The molecule has 0 saturated heterocycles. The summed E-state index contributed by atoms with van der Waals surface area (Å²) in [6.07, 6.45) is -11.1. The molecule has 20 heavy (non-hydrogen) atoms. The lowest BCUT2D eigenvalue weighted by Gasteiger charge is -2.31. The Balaban J connectivity index is 3.38. The third-order valence-electron chi connectivity index (χ3n) is 2.64. The monoisotopic (exact) mass is 323 g/mol. The van der Waals surface area contributed by atoms with Crippen LogP contribution in [0, 0.1) is 11.7 Å². The molecule has 0 aliphatic rings. The maximum absolute atomic E-state index is 13.1. The Morgan fingerprint density at radius 1 is 1.05 bits per heavy atom. The Bertz CT molecular complexity index is 455. The van der Waals surface area contributed by atoms with Crippen LogP contribution in [0.3, 0.4) is 0 Å². The van der Waals surface area contributed by atoms with Gasteiger partial charge in [0, 0.05) is 5.02 Å². The first-order valence-corrected chi connectivity index (χ1v) is 5.62. The number of alkyl halides is 6. The molecule has 1 rings (SSSR count). The standard InChI is InChI=1S/C11H9ClF7N/c1-20-8(6-4-5(13)2-3-7(6)12)9(10(14,15)16)11(17,18)19/h2-4,8-9,20H,1H3. The van der Waals surface area contributed by atoms with Crippen LogP contribution in [0.4, 0.5) is 30.7 Å². The average molecular weight is 324 g/mol. The number of nitrogens with one attached hydrogen (secondary N) is 1. The SMILES string of the molecule is CNC(c1cc(F)ccc1Cl)C(C(F)(F)F)C(F)(F)F. The predicted octanol–water partition coefficient (Wildman–Crippen LogP) is 4.48. The van der Waals surface area contributed by atoms with Gasteiger partial charge in [-0.1, -0.05) is 11.6 Å². The summed E-state index contributed by atoms with van der Waals surface area (Å²) < 4.78 is 89.1. The van der Waals surface area contributed by atoms with Crippen molar-refractivity contribution in [1.82, 2.24) is 5.32 Å². The zero-order valence-corrected chi connectivity index (χ0v) is 10.7. The molecule has 1 aromatic rings. The number of hydrogen-bond donors (Lipinski definition) is 1. The first-order chi connectivity index (χ1) is 8.98. The summed E-state index contributed by atoms with van der Waals surface area (Å²) in [5.41, 5.74) is -0.603. The van der Waals surface area contributed by atoms with Gasteiger partial charge in [-0.15, -0.1) is 0 Å². The van der Waals surface area contributed by atoms with Crippen LogP contribution in [-0.2, 0) is 0 Å². The van der Waals surface area contributed by atoms with Crippen LogP contribution < -0.4 is 5.32 Å². The van der Waals surface area contributed by atoms with E-state index in [0.717, 1.165) is 19.2 Å². The molecule has 0 aliphatic carbocycles. The zero-order valence-electron chi connectivity index (χ0n) is 9.91. The maximum Gasteiger partial charge on any atom is 0.402 e. The van der Waals surface area contributed by atoms with Gasteiger partial charge in [0.2, 0.25) is 0 Å². The molecule has 114 valence electrons. The Morgan fingerprint density at radius 3 is 1.95 bits per heavy atom. The molecule has 0 amide bonds. The van der Waals surface area contributed by atoms with Crippen molar-refractivity contribution in [3.05, 3.63) is 34.6 Å². The van der Waals surface area contributed by atoms with Gasteiger partial charge in [0.15, 0.2) is 5.92 Å². The van der Waals surface area contributed by atoms with Crippen LogP contribution in [0.25, 0.3) is 0 Å². The van der Waals surface area contributed by atoms with Crippen LogP contribution >= 0.6 is 11.6 Å². The molecule has 0 saturated carbocycles. The normalized spacial score (nSPS) is 14.7. The molecule has 0 aliphatic heterocycles. The van der Waals surface area contributed by atoms with Gasteiger partial charge in [0.05, 0.1) is 6.04 Å². The van der Waals surface area contributed by atoms with Crippen molar-refractivity contribution in [2.75, 3.05) is 7.05 Å². The summed E-state index contributed by atoms with van der Waals surface area (Å²) >= 11 is 5.57. The molecule has 0 aromatic heterocycles. The third kappa shape index (κ3) is 3.76. The molecule has 0 spiro atoms. The van der Waals surface area contributed by atoms with Crippen molar-refractivity contribution >= 4 is 11.6 Å². The molecule has 1 aromatic carbocycles. The Morgan fingerprint density at radius 2 is 1.55 bits per heavy atom. The third-order valence-corrected chi connectivity index (χ3v) is 2.99. The lowest BCUT2D eigenvalue weighted by molar-refractivity contribution is -0.292. The van der Waals surface area contributed by atoms with Gasteiger partial charge in [-0.3, -0.25) is 0 Å². The lowest BCUT2D eigenvalue weighted by atomic mass is 9.91. The summed E-state index contributed by atoms with van der Waals surface area (Å²) in [5.74, 6) is -4.67. The first-order valence-electron chi connectivity index (χ1n) is 5.24. The fourth-order valence-corrected chi connectivity index (χ4v) is 2.05. The topological polar surface area (TPSA) is 12.0 Å². The highest BCUT2D eigenvalue weighted by Crippen LogP contribution is 2.47. The van der Waals surface area contributed by atoms with E-state index in [4.69, 9.17) is 11.6 Å². The largest absolute Gasteiger partial charge is 0.402 e. The second kappa shape index (κ2) is 5.77. The van der Waals surface area contributed by atoms with Crippen LogP contribution in [0.1, 0.15) is 11.6 Å². The van der Waals surface area contributed by atoms with Crippen molar-refractivity contribution in [2.45, 2.75) is 18.4 Å². The van der Waals surface area contributed by atoms with Gasteiger partial charge in [-0.05, 0) is 30.8 Å². The van der Waals surface area contributed by atoms with E-state index in [1.165, 1.54) is 0 Å². The van der Waals surface area contributed by atoms with E-state index in [9.17, 15) is 30.7 Å². The van der Waals surface area contributed by atoms with Crippen LogP contribution in [0.5, 0.6) is 0 Å². The van der Waals surface area contributed by atoms with Gasteiger partial charge in [-0.2, -0.15) is 26.3 Å². The Hall–Kier alpha value is -1.02. The molecule has 1 N–H and O–H groups in total. The van der Waals surface area contributed by atoms with Crippen molar-refractivity contribution in [3.63, 3.8) is 0 Å². The van der Waals surface area contributed by atoms with Crippen LogP contribution in [-0.4, -0.2) is 19.4 Å². The second-order valence-electron chi connectivity index (χ2n) is 3.99. The van der Waals surface area contributed by atoms with Gasteiger partial charge < -0.3 is 5.32 Å². The summed E-state index contributed by atoms with van der Waals surface area (Å²) in [6, 6.07) is 0.0570. The number of rotatable bonds is 3. The molecular formula is C11H9ClF7N. The molecule has 0 radical (unpaired) electrons. The Labute approximate surface area is 114 Å². The minimum atomic E-state index is -5.55. The number of benzene rings is 1. The summed E-state index contributed by atoms with van der Waals surface area (Å²) in [5, 5.41) is 1.52. The lowest BCUT2D eigenvalue weighted by Crippen LogP contribution is -2.45. The highest BCUT2D eigenvalue weighted by molar-refractivity contribution is 6.31. The van der Waals surface area contributed by atoms with E-state index in [0.29, 0.717) is 6.07 Å². The minimum Gasteiger partial charge on any atom is -0.312 e. The van der Waals surface area contributed by atoms with Crippen molar-refractivity contribution < 1.29 is 30.7 Å². The van der Waals surface area contributed by atoms with E-state index in [1.807, 2.05) is 5.32 Å². The fraction of sp³-hybridized carbons (Fsp3) is 0.455. The summed E-state index contributed by atoms with van der Waals surface area (Å²) in [6.45, 7) is 0. The fourth-order valence-electron chi connectivity index (χ4n) is 1.82. The van der Waals surface area contributed by atoms with E-state index >= 15 is 0 Å². The quantitative estimate of drug-likeness (QED) is 0.809. The molecule has 0 fully saturated rings. The van der Waals surface area contributed by atoms with Gasteiger partial charge >= 0.3 is 12.4 Å². The summed E-state index contributed by atoms with van der Waals surface area (Å²) in [7, 11) is 0.913. The maximum atomic E-state index is 13.1. The molecule has 0 heterocycles. The van der Waals surface area contributed by atoms with E-state index in [-0.39, 0.29) is 5.02 Å². The van der Waals surface area contributed by atoms with Crippen molar-refractivity contribution in [1.29, 1.82) is 0 Å². The van der Waals surface area contributed by atoms with Crippen molar-refractivity contribution in [3.8, 4) is 0 Å². The second-order valence-corrected chi connectivity index (χ2v) is 4.40. The smallest absolute Gasteiger partial charge is 0.312 e. The summed E-state index contributed by atoms with van der Waals surface area (Å²) in [4.78, 5) is 0. The number of hydrogen-bond acceptors (Lipinski definition) is 1. The minimum absolute atomic E-state index is 0.385. The van der Waals surface area contributed by atoms with Gasteiger partial charge in [0.1, 0.15) is 5.82 Å². The molecule has 9 heteroatoms. The average Bonchev–Trinajstić information content (AvgIpc) is 2.25. The molecular weight excluding hydrogens is 315 g/mol. The van der Waals surface area contributed by atoms with E-state index < -0.39 is 35.7 Å². The molecule has 1 unspecified atom stereocenters. The predicted molar refractivity (Wildman–Crippen MR) is 58.8 cm³/mol. The van der Waals surface area contributed by atoms with Crippen LogP contribution in [0.15, 0.2) is 18.2 Å². The molecule has 1 nitrogen and oxygen atoms in total. The van der Waals surface area contributed by atoms with E-state index in [2.05, 4.69) is 0 Å². The van der Waals surface area contributed by atoms with E-state index in [1.54, 1.807) is 0 Å². The first kappa shape index (κ1) is 17.0. The highest BCUT2D eigenvalue weighted by Gasteiger charge is 2.60. The zero-order chi connectivity index (χ0) is 15.7. The van der Waals surface area contributed by atoms with Crippen LogP contribution in [0.2, 0.25) is 5.02 Å². The molecule has 1 atom stereocenters. The molecule has 0 bridgehead atoms. The Kier molecular flexibility index (Phi) is 4.91. The van der Waals surface area contributed by atoms with Crippen molar-refractivity contribution in [2.24, 2.45) is 5.92 Å².